The average Bonchev–Trinajstić information content (AvgIpc) is 2.71. The highest BCUT2D eigenvalue weighted by Crippen LogP contribution is 2.22. The topological polar surface area (TPSA) is 69.7 Å². The summed E-state index contributed by atoms with van der Waals surface area (Å²) in [6.07, 6.45) is 0.792. The third-order valence-corrected chi connectivity index (χ3v) is 7.90. The molecule has 0 saturated carbocycles. The average molecular weight is 444 g/mol. The fourth-order valence-electron chi connectivity index (χ4n) is 4.00. The van der Waals surface area contributed by atoms with Crippen molar-refractivity contribution in [1.29, 1.82) is 0 Å². The lowest BCUT2D eigenvalue weighted by atomic mass is 10.0. The molecular weight excluding hydrogens is 410 g/mol. The van der Waals surface area contributed by atoms with Gasteiger partial charge in [0.1, 0.15) is 0 Å². The van der Waals surface area contributed by atoms with Gasteiger partial charge in [-0.05, 0) is 62.4 Å². The lowest BCUT2D eigenvalue weighted by molar-refractivity contribution is -0.123. The third kappa shape index (κ3) is 5.93. The minimum absolute atomic E-state index is 0.0214. The van der Waals surface area contributed by atoms with Crippen LogP contribution < -0.4 is 5.32 Å². The molecule has 7 heteroatoms. The molecule has 1 aliphatic rings. The smallest absolute Gasteiger partial charge is 0.243 e. The zero-order chi connectivity index (χ0) is 22.6. The van der Waals surface area contributed by atoms with Crippen LogP contribution in [0.2, 0.25) is 0 Å². The Morgan fingerprint density at radius 2 is 1.68 bits per heavy atom. The summed E-state index contributed by atoms with van der Waals surface area (Å²) >= 11 is 0. The number of nitrogens with one attached hydrogen (secondary N) is 1. The quantitative estimate of drug-likeness (QED) is 0.714. The summed E-state index contributed by atoms with van der Waals surface area (Å²) in [4.78, 5) is 14.9. The molecule has 31 heavy (non-hydrogen) atoms. The van der Waals surface area contributed by atoms with E-state index in [1.54, 1.807) is 6.07 Å². The van der Waals surface area contributed by atoms with Crippen LogP contribution in [0.4, 0.5) is 0 Å². The van der Waals surface area contributed by atoms with Crippen molar-refractivity contribution in [2.24, 2.45) is 0 Å². The Morgan fingerprint density at radius 3 is 2.35 bits per heavy atom. The van der Waals surface area contributed by atoms with Crippen molar-refractivity contribution in [3.63, 3.8) is 0 Å². The number of benzene rings is 2. The Bertz CT molecular complexity index is 1030. The van der Waals surface area contributed by atoms with E-state index in [1.807, 2.05) is 49.9 Å². The van der Waals surface area contributed by atoms with E-state index in [9.17, 15) is 13.2 Å². The third-order valence-electron chi connectivity index (χ3n) is 5.85. The molecule has 1 atom stereocenters. The molecule has 0 spiro atoms. The van der Waals surface area contributed by atoms with Crippen LogP contribution in [0.3, 0.4) is 0 Å². The van der Waals surface area contributed by atoms with Gasteiger partial charge in [0, 0.05) is 32.2 Å². The van der Waals surface area contributed by atoms with Crippen molar-refractivity contribution in [3.8, 4) is 0 Å². The maximum atomic E-state index is 13.1. The van der Waals surface area contributed by atoms with E-state index in [0.29, 0.717) is 31.1 Å². The molecule has 1 amide bonds. The van der Waals surface area contributed by atoms with Gasteiger partial charge in [-0.1, -0.05) is 36.4 Å². The minimum Gasteiger partial charge on any atom is -0.352 e. The minimum atomic E-state index is -3.52. The van der Waals surface area contributed by atoms with E-state index in [0.717, 1.165) is 17.5 Å². The molecule has 168 valence electrons. The number of rotatable bonds is 7. The summed E-state index contributed by atoms with van der Waals surface area (Å²) in [6, 6.07) is 13.7. The Morgan fingerprint density at radius 1 is 1.00 bits per heavy atom. The van der Waals surface area contributed by atoms with E-state index < -0.39 is 10.0 Å². The number of hydrogen-bond acceptors (Lipinski definition) is 4. The van der Waals surface area contributed by atoms with Crippen molar-refractivity contribution in [2.45, 2.75) is 45.1 Å². The van der Waals surface area contributed by atoms with Crippen molar-refractivity contribution < 1.29 is 13.2 Å². The van der Waals surface area contributed by atoms with Crippen LogP contribution in [0, 0.1) is 20.8 Å². The molecule has 2 aromatic rings. The van der Waals surface area contributed by atoms with Gasteiger partial charge in [-0.3, -0.25) is 9.69 Å². The van der Waals surface area contributed by atoms with Crippen LogP contribution in [0.1, 0.15) is 29.2 Å². The Labute approximate surface area is 186 Å². The van der Waals surface area contributed by atoms with Crippen LogP contribution in [0.25, 0.3) is 0 Å². The Balaban J connectivity index is 1.51. The van der Waals surface area contributed by atoms with Gasteiger partial charge in [0.05, 0.1) is 11.4 Å². The molecule has 1 saturated heterocycles. The molecule has 6 nitrogen and oxygen atoms in total. The van der Waals surface area contributed by atoms with Gasteiger partial charge in [0.15, 0.2) is 0 Å². The fraction of sp³-hybridized carbons (Fsp3) is 0.458. The molecule has 2 aromatic carbocycles. The monoisotopic (exact) mass is 443 g/mol. The summed E-state index contributed by atoms with van der Waals surface area (Å²) in [5.74, 6) is -0.0214. The number of carbonyl (C=O) groups excluding carboxylic acids is 1. The lowest BCUT2D eigenvalue weighted by Gasteiger charge is -2.34. The maximum Gasteiger partial charge on any atom is 0.243 e. The number of sulfonamides is 1. The molecule has 1 aliphatic heterocycles. The standard InChI is InChI=1S/C24H33N3O3S/c1-18-9-10-20(3)23(15-18)31(29,30)27-13-11-26(12-14-27)17-24(28)25-21(4)16-22-8-6-5-7-19(22)2/h5-10,15,21H,11-14,16-17H2,1-4H3,(H,25,28). The van der Waals surface area contributed by atoms with Crippen molar-refractivity contribution in [2.75, 3.05) is 32.7 Å². The second-order valence-electron chi connectivity index (χ2n) is 8.55. The number of amides is 1. The molecule has 0 radical (unpaired) electrons. The highest BCUT2D eigenvalue weighted by molar-refractivity contribution is 7.89. The number of hydrogen-bond donors (Lipinski definition) is 1. The second kappa shape index (κ2) is 9.94. The molecule has 1 unspecified atom stereocenters. The summed E-state index contributed by atoms with van der Waals surface area (Å²) < 4.78 is 27.7. The van der Waals surface area contributed by atoms with Crippen LogP contribution in [0.15, 0.2) is 47.4 Å². The van der Waals surface area contributed by atoms with Crippen molar-refractivity contribution in [3.05, 3.63) is 64.7 Å². The molecule has 3 rings (SSSR count). The first-order valence-corrected chi connectivity index (χ1v) is 12.2. The summed E-state index contributed by atoms with van der Waals surface area (Å²) in [7, 11) is -3.52. The normalized spacial score (nSPS) is 16.8. The predicted octanol–water partition coefficient (Wildman–Crippen LogP) is 2.67. The number of piperazine rings is 1. The van der Waals surface area contributed by atoms with E-state index in [4.69, 9.17) is 0 Å². The molecule has 0 aromatic heterocycles. The van der Waals surface area contributed by atoms with E-state index in [2.05, 4.69) is 24.4 Å². The van der Waals surface area contributed by atoms with Gasteiger partial charge in [0.2, 0.25) is 15.9 Å². The summed E-state index contributed by atoms with van der Waals surface area (Å²) in [5.41, 5.74) is 4.15. The van der Waals surface area contributed by atoms with Crippen LogP contribution in [-0.2, 0) is 21.2 Å². The van der Waals surface area contributed by atoms with Crippen LogP contribution >= 0.6 is 0 Å². The Kier molecular flexibility index (Phi) is 7.51. The first-order chi connectivity index (χ1) is 14.7. The van der Waals surface area contributed by atoms with E-state index in [1.165, 1.54) is 15.4 Å². The van der Waals surface area contributed by atoms with Gasteiger partial charge in [-0.25, -0.2) is 8.42 Å². The van der Waals surface area contributed by atoms with Crippen molar-refractivity contribution in [1.82, 2.24) is 14.5 Å². The van der Waals surface area contributed by atoms with Crippen LogP contribution in [0.5, 0.6) is 0 Å². The van der Waals surface area contributed by atoms with E-state index in [-0.39, 0.29) is 18.5 Å². The number of aryl methyl sites for hydroxylation is 3. The zero-order valence-corrected chi connectivity index (χ0v) is 19.7. The molecule has 0 bridgehead atoms. The first kappa shape index (κ1) is 23.4. The molecule has 1 N–H and O–H groups in total. The van der Waals surface area contributed by atoms with Gasteiger partial charge < -0.3 is 5.32 Å². The predicted molar refractivity (Wildman–Crippen MR) is 124 cm³/mol. The van der Waals surface area contributed by atoms with Gasteiger partial charge in [0.25, 0.3) is 0 Å². The molecule has 1 heterocycles. The molecular formula is C24H33N3O3S. The largest absolute Gasteiger partial charge is 0.352 e. The van der Waals surface area contributed by atoms with Crippen molar-refractivity contribution >= 4 is 15.9 Å². The number of carbonyl (C=O) groups is 1. The molecule has 0 aliphatic carbocycles. The Hall–Kier alpha value is -2.22. The first-order valence-electron chi connectivity index (χ1n) is 10.8. The van der Waals surface area contributed by atoms with Gasteiger partial charge >= 0.3 is 0 Å². The maximum absolute atomic E-state index is 13.1. The highest BCUT2D eigenvalue weighted by Gasteiger charge is 2.30. The van der Waals surface area contributed by atoms with Crippen LogP contribution in [-0.4, -0.2) is 62.3 Å². The van der Waals surface area contributed by atoms with Gasteiger partial charge in [-0.2, -0.15) is 4.31 Å². The SMILES string of the molecule is Cc1ccc(C)c(S(=O)(=O)N2CCN(CC(=O)NC(C)Cc3ccccc3C)CC2)c1. The fourth-order valence-corrected chi connectivity index (χ4v) is 5.73. The van der Waals surface area contributed by atoms with Gasteiger partial charge in [-0.15, -0.1) is 0 Å². The number of nitrogens with zero attached hydrogens (tertiary/aromatic N) is 2. The second-order valence-corrected chi connectivity index (χ2v) is 10.5. The summed E-state index contributed by atoms with van der Waals surface area (Å²) in [5, 5.41) is 3.07. The lowest BCUT2D eigenvalue weighted by Crippen LogP contribution is -2.51. The highest BCUT2D eigenvalue weighted by atomic mass is 32.2. The zero-order valence-electron chi connectivity index (χ0n) is 18.9. The van der Waals surface area contributed by atoms with E-state index >= 15 is 0 Å². The molecule has 1 fully saturated rings. The summed E-state index contributed by atoms with van der Waals surface area (Å²) in [6.45, 7) is 9.97.